The van der Waals surface area contributed by atoms with Gasteiger partial charge in [-0.15, -0.1) is 11.8 Å². The fraction of sp³-hybridized carbons (Fsp3) is 0.368. The monoisotopic (exact) mass is 299 g/mol. The van der Waals surface area contributed by atoms with Crippen LogP contribution in [0.2, 0.25) is 0 Å². The van der Waals surface area contributed by atoms with E-state index < -0.39 is 0 Å². The molecule has 0 heterocycles. The third-order valence-corrected chi connectivity index (χ3v) is 4.84. The van der Waals surface area contributed by atoms with Gasteiger partial charge in [0.1, 0.15) is 0 Å². The van der Waals surface area contributed by atoms with E-state index >= 15 is 0 Å². The summed E-state index contributed by atoms with van der Waals surface area (Å²) >= 11 is 1.91. The molecule has 0 aliphatic carbocycles. The number of thioether (sulfide) groups is 1. The Hall–Kier alpha value is -1.25. The second-order valence-electron chi connectivity index (χ2n) is 5.76. The Labute approximate surface area is 133 Å². The van der Waals surface area contributed by atoms with Crippen molar-refractivity contribution in [1.82, 2.24) is 0 Å². The first-order valence-electron chi connectivity index (χ1n) is 7.62. The van der Waals surface area contributed by atoms with E-state index in [1.54, 1.807) is 0 Å². The Morgan fingerprint density at radius 2 is 1.71 bits per heavy atom. The lowest BCUT2D eigenvalue weighted by Gasteiger charge is -2.13. The van der Waals surface area contributed by atoms with Crippen LogP contribution in [0.1, 0.15) is 35.6 Å². The topological polar surface area (TPSA) is 26.0 Å². The molecule has 1 atom stereocenters. The molecule has 0 saturated carbocycles. The normalized spacial score (nSPS) is 12.4. The molecule has 0 amide bonds. The summed E-state index contributed by atoms with van der Waals surface area (Å²) in [6, 6.07) is 15.7. The lowest BCUT2D eigenvalue weighted by Crippen LogP contribution is -2.21. The van der Waals surface area contributed by atoms with Crippen molar-refractivity contribution >= 4 is 11.8 Å². The molecule has 2 heteroatoms. The molecule has 21 heavy (non-hydrogen) atoms. The van der Waals surface area contributed by atoms with Crippen molar-refractivity contribution in [3.05, 3.63) is 64.7 Å². The first-order valence-corrected chi connectivity index (χ1v) is 8.60. The summed E-state index contributed by atoms with van der Waals surface area (Å²) in [6.07, 6.45) is 1.99. The molecular formula is C19H25NS. The zero-order chi connectivity index (χ0) is 15.2. The average molecular weight is 299 g/mol. The molecule has 0 aliphatic rings. The predicted octanol–water partition coefficient (Wildman–Crippen LogP) is 4.88. The number of rotatable bonds is 6. The second kappa shape index (κ2) is 7.67. The molecule has 2 N–H and O–H groups in total. The fourth-order valence-corrected chi connectivity index (χ4v) is 3.55. The maximum Gasteiger partial charge on any atom is 0.0232 e. The number of aryl methyl sites for hydroxylation is 2. The van der Waals surface area contributed by atoms with Crippen LogP contribution >= 0.6 is 11.8 Å². The molecule has 2 rings (SSSR count). The summed E-state index contributed by atoms with van der Waals surface area (Å²) < 4.78 is 0. The number of benzene rings is 2. The van der Waals surface area contributed by atoms with Gasteiger partial charge in [-0.1, -0.05) is 54.4 Å². The Morgan fingerprint density at radius 1 is 1.05 bits per heavy atom. The Bertz CT molecular complexity index is 572. The van der Waals surface area contributed by atoms with Crippen LogP contribution in [-0.4, -0.2) is 6.04 Å². The predicted molar refractivity (Wildman–Crippen MR) is 93.9 cm³/mol. The van der Waals surface area contributed by atoms with Crippen LogP contribution in [0.15, 0.2) is 47.4 Å². The van der Waals surface area contributed by atoms with E-state index in [4.69, 9.17) is 5.73 Å². The van der Waals surface area contributed by atoms with Gasteiger partial charge >= 0.3 is 0 Å². The van der Waals surface area contributed by atoms with Crippen molar-refractivity contribution in [1.29, 1.82) is 0 Å². The van der Waals surface area contributed by atoms with E-state index in [1.807, 2.05) is 11.8 Å². The molecule has 0 saturated heterocycles. The molecule has 0 aliphatic heterocycles. The lowest BCUT2D eigenvalue weighted by atomic mass is 10.1. The first kappa shape index (κ1) is 16.1. The minimum atomic E-state index is 0.257. The molecule has 0 radical (unpaired) electrons. The van der Waals surface area contributed by atoms with Gasteiger partial charge in [-0.2, -0.15) is 0 Å². The largest absolute Gasteiger partial charge is 0.327 e. The van der Waals surface area contributed by atoms with Crippen molar-refractivity contribution in [3.63, 3.8) is 0 Å². The van der Waals surface area contributed by atoms with Crippen molar-refractivity contribution in [2.75, 3.05) is 0 Å². The van der Waals surface area contributed by atoms with Crippen LogP contribution in [0.3, 0.4) is 0 Å². The first-order chi connectivity index (χ1) is 10.1. The number of hydrogen-bond donors (Lipinski definition) is 1. The maximum atomic E-state index is 6.11. The van der Waals surface area contributed by atoms with Crippen molar-refractivity contribution in [2.24, 2.45) is 5.73 Å². The standard InChI is InChI=1S/C19H25NS/c1-4-18(20)12-17-7-5-6-8-19(17)21-13-16-10-14(2)9-15(3)11-16/h5-11,18H,4,12-13,20H2,1-3H3. The van der Waals surface area contributed by atoms with Crippen LogP contribution in [0, 0.1) is 13.8 Å². The molecule has 0 spiro atoms. The minimum Gasteiger partial charge on any atom is -0.327 e. The average Bonchev–Trinajstić information content (AvgIpc) is 2.45. The molecule has 112 valence electrons. The Kier molecular flexibility index (Phi) is 5.89. The second-order valence-corrected chi connectivity index (χ2v) is 6.78. The SMILES string of the molecule is CCC(N)Cc1ccccc1SCc1cc(C)cc(C)c1. The molecule has 0 aromatic heterocycles. The highest BCUT2D eigenvalue weighted by Gasteiger charge is 2.07. The highest BCUT2D eigenvalue weighted by Crippen LogP contribution is 2.27. The van der Waals surface area contributed by atoms with Gasteiger partial charge in [-0.05, 0) is 43.9 Å². The molecule has 1 unspecified atom stereocenters. The Morgan fingerprint density at radius 3 is 2.38 bits per heavy atom. The number of nitrogens with two attached hydrogens (primary N) is 1. The summed E-state index contributed by atoms with van der Waals surface area (Å²) in [6.45, 7) is 6.47. The van der Waals surface area contributed by atoms with Gasteiger partial charge in [0.05, 0.1) is 0 Å². The van der Waals surface area contributed by atoms with Crippen LogP contribution in [0.25, 0.3) is 0 Å². The molecule has 0 bridgehead atoms. The van der Waals surface area contributed by atoms with Gasteiger partial charge in [0.2, 0.25) is 0 Å². The van der Waals surface area contributed by atoms with Crippen LogP contribution in [0.5, 0.6) is 0 Å². The van der Waals surface area contributed by atoms with E-state index in [0.29, 0.717) is 0 Å². The lowest BCUT2D eigenvalue weighted by molar-refractivity contribution is 0.641. The highest BCUT2D eigenvalue weighted by molar-refractivity contribution is 7.98. The third-order valence-electron chi connectivity index (χ3n) is 3.65. The third kappa shape index (κ3) is 4.90. The molecule has 2 aromatic rings. The molecule has 2 aromatic carbocycles. The molecule has 1 nitrogen and oxygen atoms in total. The molecule has 0 fully saturated rings. The van der Waals surface area contributed by atoms with Gasteiger partial charge in [-0.25, -0.2) is 0 Å². The van der Waals surface area contributed by atoms with Gasteiger partial charge in [0.25, 0.3) is 0 Å². The fourth-order valence-electron chi connectivity index (χ4n) is 2.55. The maximum absolute atomic E-state index is 6.11. The van der Waals surface area contributed by atoms with Gasteiger partial charge in [0, 0.05) is 16.7 Å². The van der Waals surface area contributed by atoms with Crippen molar-refractivity contribution < 1.29 is 0 Å². The zero-order valence-corrected chi connectivity index (χ0v) is 14.0. The smallest absolute Gasteiger partial charge is 0.0232 e. The van der Waals surface area contributed by atoms with Gasteiger partial charge < -0.3 is 5.73 Å². The quantitative estimate of drug-likeness (QED) is 0.770. The summed E-state index contributed by atoms with van der Waals surface area (Å²) in [5, 5.41) is 0. The highest BCUT2D eigenvalue weighted by atomic mass is 32.2. The van der Waals surface area contributed by atoms with Crippen LogP contribution in [0.4, 0.5) is 0 Å². The van der Waals surface area contributed by atoms with E-state index in [1.165, 1.54) is 27.1 Å². The zero-order valence-electron chi connectivity index (χ0n) is 13.2. The van der Waals surface area contributed by atoms with Crippen molar-refractivity contribution in [3.8, 4) is 0 Å². The summed E-state index contributed by atoms with van der Waals surface area (Å²) in [5.74, 6) is 1.01. The summed E-state index contributed by atoms with van der Waals surface area (Å²) in [7, 11) is 0. The number of hydrogen-bond acceptors (Lipinski definition) is 2. The van der Waals surface area contributed by atoms with Gasteiger partial charge in [-0.3, -0.25) is 0 Å². The van der Waals surface area contributed by atoms with E-state index in [-0.39, 0.29) is 6.04 Å². The van der Waals surface area contributed by atoms with Crippen molar-refractivity contribution in [2.45, 2.75) is 50.3 Å². The minimum absolute atomic E-state index is 0.257. The van der Waals surface area contributed by atoms with Gasteiger partial charge in [0.15, 0.2) is 0 Å². The summed E-state index contributed by atoms with van der Waals surface area (Å²) in [4.78, 5) is 1.36. The van der Waals surface area contributed by atoms with Crippen LogP contribution < -0.4 is 5.73 Å². The Balaban J connectivity index is 2.09. The molecular weight excluding hydrogens is 274 g/mol. The summed E-state index contributed by atoms with van der Waals surface area (Å²) in [5.41, 5.74) is 11.6. The van der Waals surface area contributed by atoms with E-state index in [0.717, 1.165) is 18.6 Å². The van der Waals surface area contributed by atoms with E-state index in [9.17, 15) is 0 Å². The van der Waals surface area contributed by atoms with E-state index in [2.05, 4.69) is 63.2 Å². The van der Waals surface area contributed by atoms with Crippen LogP contribution in [-0.2, 0) is 12.2 Å².